The third-order valence-electron chi connectivity index (χ3n) is 2.02. The first-order valence-electron chi connectivity index (χ1n) is 4.82. The standard InChI is InChI=1S/C10H6F4N4S/c11-5-1-4(7(12)9(14)8(5)13)2-16-18-10-17-6(15)3-19-10/h1-3H,15H2,(H,17,18). The molecule has 0 aliphatic carbocycles. The molecule has 4 nitrogen and oxygen atoms in total. The minimum absolute atomic E-state index is 0.271. The smallest absolute Gasteiger partial charge is 0.205 e. The van der Waals surface area contributed by atoms with E-state index in [1.165, 1.54) is 5.38 Å². The van der Waals surface area contributed by atoms with Crippen LogP contribution >= 0.6 is 11.3 Å². The number of nitrogens with two attached hydrogens (primary N) is 1. The summed E-state index contributed by atoms with van der Waals surface area (Å²) in [6.07, 6.45) is 0.804. The molecule has 1 aromatic carbocycles. The zero-order chi connectivity index (χ0) is 14.0. The number of benzene rings is 1. The fourth-order valence-electron chi connectivity index (χ4n) is 1.18. The fourth-order valence-corrected chi connectivity index (χ4v) is 1.73. The Morgan fingerprint density at radius 1 is 1.21 bits per heavy atom. The maximum absolute atomic E-state index is 13.2. The first-order valence-corrected chi connectivity index (χ1v) is 5.70. The lowest BCUT2D eigenvalue weighted by atomic mass is 10.2. The highest BCUT2D eigenvalue weighted by Gasteiger charge is 2.17. The molecule has 100 valence electrons. The SMILES string of the molecule is Nc1csc(NN=Cc2cc(F)c(F)c(F)c2F)n1. The van der Waals surface area contributed by atoms with Crippen molar-refractivity contribution < 1.29 is 17.6 Å². The van der Waals surface area contributed by atoms with E-state index in [0.29, 0.717) is 11.2 Å². The fraction of sp³-hybridized carbons (Fsp3) is 0. The predicted molar refractivity (Wildman–Crippen MR) is 64.0 cm³/mol. The number of thiazole rings is 1. The number of nitrogen functional groups attached to an aromatic ring is 1. The Labute approximate surface area is 108 Å². The van der Waals surface area contributed by atoms with Crippen molar-refractivity contribution in [3.63, 3.8) is 0 Å². The van der Waals surface area contributed by atoms with Gasteiger partial charge in [-0.2, -0.15) is 5.10 Å². The number of hydrogen-bond acceptors (Lipinski definition) is 5. The first-order chi connectivity index (χ1) is 8.99. The van der Waals surface area contributed by atoms with Crippen LogP contribution in [0.15, 0.2) is 16.5 Å². The average molecular weight is 290 g/mol. The Hall–Kier alpha value is -2.16. The number of nitrogens with zero attached hydrogens (tertiary/aromatic N) is 2. The molecule has 0 bridgehead atoms. The maximum Gasteiger partial charge on any atom is 0.205 e. The number of nitrogens with one attached hydrogen (secondary N) is 1. The van der Waals surface area contributed by atoms with E-state index in [4.69, 9.17) is 5.73 Å². The van der Waals surface area contributed by atoms with Crippen LogP contribution in [0.5, 0.6) is 0 Å². The molecule has 0 amide bonds. The highest BCUT2D eigenvalue weighted by molar-refractivity contribution is 7.14. The van der Waals surface area contributed by atoms with E-state index in [1.807, 2.05) is 0 Å². The second kappa shape index (κ2) is 5.22. The largest absolute Gasteiger partial charge is 0.383 e. The van der Waals surface area contributed by atoms with Gasteiger partial charge in [0.25, 0.3) is 0 Å². The molecule has 3 N–H and O–H groups in total. The Morgan fingerprint density at radius 3 is 2.58 bits per heavy atom. The van der Waals surface area contributed by atoms with E-state index in [0.717, 1.165) is 17.6 Å². The third-order valence-corrected chi connectivity index (χ3v) is 2.78. The van der Waals surface area contributed by atoms with Crippen molar-refractivity contribution >= 4 is 28.5 Å². The highest BCUT2D eigenvalue weighted by Crippen LogP contribution is 2.18. The highest BCUT2D eigenvalue weighted by atomic mass is 32.1. The van der Waals surface area contributed by atoms with Gasteiger partial charge in [-0.1, -0.05) is 0 Å². The number of halogens is 4. The van der Waals surface area contributed by atoms with Gasteiger partial charge in [0, 0.05) is 10.9 Å². The second-order valence-corrected chi connectivity index (χ2v) is 4.20. The van der Waals surface area contributed by atoms with Gasteiger partial charge in [-0.05, 0) is 6.07 Å². The summed E-state index contributed by atoms with van der Waals surface area (Å²) in [7, 11) is 0. The lowest BCUT2D eigenvalue weighted by Crippen LogP contribution is -2.01. The molecule has 0 spiro atoms. The van der Waals surface area contributed by atoms with Gasteiger partial charge in [0.1, 0.15) is 5.82 Å². The average Bonchev–Trinajstić information content (AvgIpc) is 2.79. The van der Waals surface area contributed by atoms with Crippen molar-refractivity contribution in [2.24, 2.45) is 5.10 Å². The molecular weight excluding hydrogens is 284 g/mol. The third kappa shape index (κ3) is 2.81. The van der Waals surface area contributed by atoms with E-state index in [1.54, 1.807) is 0 Å². The summed E-state index contributed by atoms with van der Waals surface area (Å²) in [6, 6.07) is 0.495. The lowest BCUT2D eigenvalue weighted by molar-refractivity contribution is 0.408. The molecule has 0 radical (unpaired) electrons. The van der Waals surface area contributed by atoms with E-state index in [2.05, 4.69) is 15.5 Å². The molecule has 9 heteroatoms. The van der Waals surface area contributed by atoms with Crippen molar-refractivity contribution in [1.29, 1.82) is 0 Å². The topological polar surface area (TPSA) is 63.3 Å². The maximum atomic E-state index is 13.2. The zero-order valence-electron chi connectivity index (χ0n) is 9.12. The molecule has 0 aliphatic rings. The molecular formula is C10H6F4N4S. The lowest BCUT2D eigenvalue weighted by Gasteiger charge is -2.01. The Balaban J connectivity index is 2.19. The van der Waals surface area contributed by atoms with Crippen molar-refractivity contribution in [3.8, 4) is 0 Å². The minimum Gasteiger partial charge on any atom is -0.383 e. The molecule has 0 saturated heterocycles. The van der Waals surface area contributed by atoms with Crippen molar-refractivity contribution in [2.75, 3.05) is 11.2 Å². The number of hydrazone groups is 1. The Bertz CT molecular complexity index is 641. The van der Waals surface area contributed by atoms with E-state index >= 15 is 0 Å². The van der Waals surface area contributed by atoms with Gasteiger partial charge in [0.2, 0.25) is 5.13 Å². The summed E-state index contributed by atoms with van der Waals surface area (Å²) in [6.45, 7) is 0. The Morgan fingerprint density at radius 2 is 1.95 bits per heavy atom. The second-order valence-electron chi connectivity index (χ2n) is 3.34. The number of anilines is 2. The molecule has 0 fully saturated rings. The molecule has 0 saturated carbocycles. The van der Waals surface area contributed by atoms with Crippen LogP contribution in [0.4, 0.5) is 28.5 Å². The molecule has 1 heterocycles. The molecule has 0 atom stereocenters. The number of rotatable bonds is 3. The molecule has 2 rings (SSSR count). The first kappa shape index (κ1) is 13.3. The predicted octanol–water partition coefficient (Wildman–Crippen LogP) is 2.73. The van der Waals surface area contributed by atoms with E-state index in [-0.39, 0.29) is 5.82 Å². The van der Waals surface area contributed by atoms with Crippen LogP contribution in [-0.2, 0) is 0 Å². The normalized spacial score (nSPS) is 11.2. The van der Waals surface area contributed by atoms with E-state index in [9.17, 15) is 17.6 Å². The summed E-state index contributed by atoms with van der Waals surface area (Å²) in [5.41, 5.74) is 7.20. The van der Waals surface area contributed by atoms with Crippen LogP contribution in [-0.4, -0.2) is 11.2 Å². The van der Waals surface area contributed by atoms with Gasteiger partial charge in [-0.25, -0.2) is 22.5 Å². The zero-order valence-corrected chi connectivity index (χ0v) is 9.94. The monoisotopic (exact) mass is 290 g/mol. The summed E-state index contributed by atoms with van der Waals surface area (Å²) >= 11 is 1.13. The van der Waals surface area contributed by atoms with Crippen LogP contribution in [0, 0.1) is 23.3 Å². The van der Waals surface area contributed by atoms with Gasteiger partial charge in [-0.3, -0.25) is 5.43 Å². The molecule has 0 aliphatic heterocycles. The van der Waals surface area contributed by atoms with Gasteiger partial charge < -0.3 is 5.73 Å². The summed E-state index contributed by atoms with van der Waals surface area (Å²) in [4.78, 5) is 3.78. The summed E-state index contributed by atoms with van der Waals surface area (Å²) in [5, 5.41) is 5.37. The van der Waals surface area contributed by atoms with Gasteiger partial charge in [-0.15, -0.1) is 11.3 Å². The summed E-state index contributed by atoms with van der Waals surface area (Å²) < 4.78 is 51.7. The van der Waals surface area contributed by atoms with Crippen LogP contribution in [0.2, 0.25) is 0 Å². The Kier molecular flexibility index (Phi) is 3.65. The van der Waals surface area contributed by atoms with E-state index < -0.39 is 28.8 Å². The quantitative estimate of drug-likeness (QED) is 0.300. The van der Waals surface area contributed by atoms with Crippen LogP contribution in [0.1, 0.15) is 5.56 Å². The molecule has 0 unspecified atom stereocenters. The molecule has 19 heavy (non-hydrogen) atoms. The van der Waals surface area contributed by atoms with Crippen molar-refractivity contribution in [1.82, 2.24) is 4.98 Å². The van der Waals surface area contributed by atoms with Gasteiger partial charge >= 0.3 is 0 Å². The van der Waals surface area contributed by atoms with Crippen LogP contribution in [0.3, 0.4) is 0 Å². The molecule has 2 aromatic rings. The number of aromatic nitrogens is 1. The number of hydrogen-bond donors (Lipinski definition) is 2. The van der Waals surface area contributed by atoms with Crippen molar-refractivity contribution in [2.45, 2.75) is 0 Å². The summed E-state index contributed by atoms with van der Waals surface area (Å²) in [5.74, 6) is -6.51. The minimum atomic E-state index is -1.89. The van der Waals surface area contributed by atoms with Crippen LogP contribution < -0.4 is 11.2 Å². The van der Waals surface area contributed by atoms with Crippen LogP contribution in [0.25, 0.3) is 0 Å². The van der Waals surface area contributed by atoms with Crippen molar-refractivity contribution in [3.05, 3.63) is 40.3 Å². The van der Waals surface area contributed by atoms with Gasteiger partial charge in [0.15, 0.2) is 23.3 Å². The van der Waals surface area contributed by atoms with Gasteiger partial charge in [0.05, 0.1) is 6.21 Å². The molecule has 1 aromatic heterocycles.